The number of sulfonamides is 1. The molecule has 0 fully saturated rings. The van der Waals surface area contributed by atoms with Crippen LogP contribution < -0.4 is 14.8 Å². The molecule has 0 bridgehead atoms. The molecule has 0 spiro atoms. The maximum Gasteiger partial charge on any atom is 0.267 e. The second-order valence-electron chi connectivity index (χ2n) is 7.76. The van der Waals surface area contributed by atoms with Crippen molar-refractivity contribution in [1.82, 2.24) is 9.97 Å². The van der Waals surface area contributed by atoms with Crippen LogP contribution in [0.1, 0.15) is 16.8 Å². The number of thiazole rings is 1. The molecule has 0 radical (unpaired) electrons. The first kappa shape index (κ1) is 24.4. The standard InChI is InChI=1S/C25H23FN4O3S2/c1-15-10-19(26)11-16(2)23(15)30-35(31,32)22-12-20(13-27-24(22)33-4)28-17(3)21-14-34-25(29-21)18-8-6-5-7-9-18/h5-14,28,30H,3H2,1-2,4H3. The Hall–Kier alpha value is -3.76. The highest BCUT2D eigenvalue weighted by Crippen LogP contribution is 2.31. The molecule has 2 aromatic heterocycles. The van der Waals surface area contributed by atoms with E-state index in [4.69, 9.17) is 4.74 Å². The normalized spacial score (nSPS) is 11.2. The maximum absolute atomic E-state index is 13.7. The average molecular weight is 511 g/mol. The fraction of sp³-hybridized carbons (Fsp3) is 0.120. The Bertz CT molecular complexity index is 1480. The van der Waals surface area contributed by atoms with Crippen molar-refractivity contribution in [3.8, 4) is 16.5 Å². The van der Waals surface area contributed by atoms with Gasteiger partial charge in [0.15, 0.2) is 4.90 Å². The van der Waals surface area contributed by atoms with Crippen molar-refractivity contribution in [1.29, 1.82) is 0 Å². The smallest absolute Gasteiger partial charge is 0.267 e. The highest BCUT2D eigenvalue weighted by Gasteiger charge is 2.24. The SMILES string of the molecule is C=C(Nc1cnc(OC)c(S(=O)(=O)Nc2c(C)cc(F)cc2C)c1)c1csc(-c2ccccc2)n1. The zero-order chi connectivity index (χ0) is 25.2. The van der Waals surface area contributed by atoms with Crippen molar-refractivity contribution >= 4 is 38.4 Å². The van der Waals surface area contributed by atoms with Crippen LogP contribution in [0.5, 0.6) is 5.88 Å². The topological polar surface area (TPSA) is 93.2 Å². The third kappa shape index (κ3) is 5.33. The lowest BCUT2D eigenvalue weighted by Gasteiger charge is -2.16. The number of methoxy groups -OCH3 is 1. The Kier molecular flexibility index (Phi) is 6.86. The quantitative estimate of drug-likeness (QED) is 0.309. The van der Waals surface area contributed by atoms with E-state index >= 15 is 0 Å². The van der Waals surface area contributed by atoms with Gasteiger partial charge in [-0.15, -0.1) is 11.3 Å². The summed E-state index contributed by atoms with van der Waals surface area (Å²) in [5.74, 6) is -0.518. The van der Waals surface area contributed by atoms with Gasteiger partial charge in [-0.25, -0.2) is 22.8 Å². The van der Waals surface area contributed by atoms with Crippen LogP contribution in [0.3, 0.4) is 0 Å². The van der Waals surface area contributed by atoms with Crippen LogP contribution in [0.4, 0.5) is 15.8 Å². The summed E-state index contributed by atoms with van der Waals surface area (Å²) >= 11 is 1.48. The number of anilines is 2. The average Bonchev–Trinajstić information content (AvgIpc) is 3.33. The van der Waals surface area contributed by atoms with Crippen molar-refractivity contribution in [2.45, 2.75) is 18.7 Å². The Labute approximate surface area is 207 Å². The van der Waals surface area contributed by atoms with Crippen molar-refractivity contribution in [3.63, 3.8) is 0 Å². The van der Waals surface area contributed by atoms with Gasteiger partial charge < -0.3 is 10.1 Å². The monoisotopic (exact) mass is 510 g/mol. The molecule has 0 atom stereocenters. The largest absolute Gasteiger partial charge is 0.480 e. The van der Waals surface area contributed by atoms with E-state index in [1.165, 1.54) is 42.8 Å². The van der Waals surface area contributed by atoms with Crippen molar-refractivity contribution in [3.05, 3.63) is 89.3 Å². The molecule has 0 aliphatic heterocycles. The number of aryl methyl sites for hydroxylation is 2. The third-order valence-electron chi connectivity index (χ3n) is 5.16. The number of rotatable bonds is 8. The Morgan fingerprint density at radius 1 is 1.11 bits per heavy atom. The fourth-order valence-corrected chi connectivity index (χ4v) is 5.66. The van der Waals surface area contributed by atoms with Crippen LogP contribution in [0.15, 0.2) is 71.6 Å². The van der Waals surface area contributed by atoms with E-state index in [0.717, 1.165) is 10.6 Å². The lowest BCUT2D eigenvalue weighted by molar-refractivity contribution is 0.385. The van der Waals surface area contributed by atoms with Crippen molar-refractivity contribution in [2.24, 2.45) is 0 Å². The molecule has 0 aliphatic rings. The van der Waals surface area contributed by atoms with Gasteiger partial charge in [0.2, 0.25) is 5.88 Å². The van der Waals surface area contributed by atoms with Crippen molar-refractivity contribution in [2.75, 3.05) is 17.1 Å². The number of nitrogens with zero attached hydrogens (tertiary/aromatic N) is 2. The predicted octanol–water partition coefficient (Wildman–Crippen LogP) is 5.85. The molecule has 0 saturated heterocycles. The molecule has 4 rings (SSSR count). The maximum atomic E-state index is 13.7. The number of halogens is 1. The molecule has 10 heteroatoms. The van der Waals surface area contributed by atoms with Gasteiger partial charge in [-0.1, -0.05) is 36.9 Å². The van der Waals surface area contributed by atoms with Crippen molar-refractivity contribution < 1.29 is 17.5 Å². The fourth-order valence-electron chi connectivity index (χ4n) is 3.47. The summed E-state index contributed by atoms with van der Waals surface area (Å²) in [6.07, 6.45) is 1.45. The third-order valence-corrected chi connectivity index (χ3v) is 7.40. The molecular formula is C25H23FN4O3S2. The first-order valence-corrected chi connectivity index (χ1v) is 12.8. The Morgan fingerprint density at radius 3 is 2.46 bits per heavy atom. The molecule has 180 valence electrons. The summed E-state index contributed by atoms with van der Waals surface area (Å²) in [4.78, 5) is 8.58. The van der Waals surface area contributed by atoms with E-state index in [1.807, 2.05) is 35.7 Å². The van der Waals surface area contributed by atoms with E-state index < -0.39 is 15.8 Å². The minimum absolute atomic E-state index is 0.0777. The summed E-state index contributed by atoms with van der Waals surface area (Å²) in [6.45, 7) is 7.29. The minimum Gasteiger partial charge on any atom is -0.480 e. The van der Waals surface area contributed by atoms with Crippen LogP contribution in [0.25, 0.3) is 16.3 Å². The molecule has 0 saturated carbocycles. The summed E-state index contributed by atoms with van der Waals surface area (Å²) < 4.78 is 47.9. The number of pyridine rings is 1. The van der Waals surface area contributed by atoms with Crippen LogP contribution in [-0.2, 0) is 10.0 Å². The highest BCUT2D eigenvalue weighted by atomic mass is 32.2. The number of hydrogen-bond donors (Lipinski definition) is 2. The van der Waals surface area contributed by atoms with E-state index in [0.29, 0.717) is 33.9 Å². The lowest BCUT2D eigenvalue weighted by Crippen LogP contribution is -2.17. The predicted molar refractivity (Wildman–Crippen MR) is 138 cm³/mol. The minimum atomic E-state index is -4.11. The van der Waals surface area contributed by atoms with Crippen LogP contribution in [-0.4, -0.2) is 25.5 Å². The first-order chi connectivity index (χ1) is 16.7. The van der Waals surface area contributed by atoms with E-state index in [2.05, 4.69) is 26.6 Å². The summed E-state index contributed by atoms with van der Waals surface area (Å²) in [5, 5.41) is 5.78. The molecule has 4 aromatic rings. The first-order valence-electron chi connectivity index (χ1n) is 10.5. The lowest BCUT2D eigenvalue weighted by atomic mass is 10.1. The van der Waals surface area contributed by atoms with Gasteiger partial charge in [-0.3, -0.25) is 4.72 Å². The highest BCUT2D eigenvalue weighted by molar-refractivity contribution is 7.92. The molecule has 0 aliphatic carbocycles. The molecule has 2 N–H and O–H groups in total. The Morgan fingerprint density at radius 2 is 1.80 bits per heavy atom. The second kappa shape index (κ2) is 9.85. The number of benzene rings is 2. The van der Waals surface area contributed by atoms with Crippen LogP contribution in [0.2, 0.25) is 0 Å². The van der Waals surface area contributed by atoms with Gasteiger partial charge in [0.25, 0.3) is 10.0 Å². The number of ether oxygens (including phenoxy) is 1. The zero-order valence-electron chi connectivity index (χ0n) is 19.3. The van der Waals surface area contributed by atoms with Crippen LogP contribution in [0, 0.1) is 19.7 Å². The van der Waals surface area contributed by atoms with Gasteiger partial charge >= 0.3 is 0 Å². The molecule has 35 heavy (non-hydrogen) atoms. The summed E-state index contributed by atoms with van der Waals surface area (Å²) in [5.41, 5.74) is 3.71. The Balaban J connectivity index is 1.61. The summed E-state index contributed by atoms with van der Waals surface area (Å²) in [7, 11) is -2.78. The number of aromatic nitrogens is 2. The second-order valence-corrected chi connectivity index (χ2v) is 10.3. The van der Waals surface area contributed by atoms with E-state index in [-0.39, 0.29) is 10.8 Å². The van der Waals surface area contributed by atoms with Crippen LogP contribution >= 0.6 is 11.3 Å². The molecule has 2 aromatic carbocycles. The molecular weight excluding hydrogens is 487 g/mol. The number of hydrogen-bond acceptors (Lipinski definition) is 7. The van der Waals surface area contributed by atoms with Gasteiger partial charge in [-0.05, 0) is 43.2 Å². The summed E-state index contributed by atoms with van der Waals surface area (Å²) in [6, 6.07) is 13.7. The molecule has 7 nitrogen and oxygen atoms in total. The van der Waals surface area contributed by atoms with Gasteiger partial charge in [0.1, 0.15) is 10.8 Å². The molecule has 2 heterocycles. The number of nitrogens with one attached hydrogen (secondary N) is 2. The molecule has 0 unspecified atom stereocenters. The van der Waals surface area contributed by atoms with E-state index in [1.54, 1.807) is 13.8 Å². The van der Waals surface area contributed by atoms with Gasteiger partial charge in [0.05, 0.1) is 36.1 Å². The van der Waals surface area contributed by atoms with Gasteiger partial charge in [-0.2, -0.15) is 0 Å². The zero-order valence-corrected chi connectivity index (χ0v) is 20.9. The van der Waals surface area contributed by atoms with E-state index in [9.17, 15) is 12.8 Å². The van der Waals surface area contributed by atoms with Gasteiger partial charge in [0, 0.05) is 10.9 Å². The molecule has 0 amide bonds.